The van der Waals surface area contributed by atoms with Crippen molar-refractivity contribution in [3.63, 3.8) is 0 Å². The molecule has 0 saturated heterocycles. The van der Waals surface area contributed by atoms with Crippen LogP contribution in [0, 0.1) is 11.8 Å². The number of halogens is 3. The van der Waals surface area contributed by atoms with Crippen molar-refractivity contribution in [1.29, 1.82) is 0 Å². The number of hydrogen-bond acceptors (Lipinski definition) is 3. The lowest BCUT2D eigenvalue weighted by Crippen LogP contribution is -2.28. The minimum absolute atomic E-state index is 0.0653. The second-order valence-electron chi connectivity index (χ2n) is 7.51. The maximum atomic E-state index is 13.0. The number of hydrogen-bond donors (Lipinski definition) is 0. The van der Waals surface area contributed by atoms with Gasteiger partial charge < -0.3 is 4.74 Å². The molecule has 28 heavy (non-hydrogen) atoms. The molecule has 0 spiro atoms. The summed E-state index contributed by atoms with van der Waals surface area (Å²) < 4.78 is 44.2. The average molecular weight is 393 g/mol. The molecule has 0 amide bonds. The van der Waals surface area contributed by atoms with Crippen LogP contribution in [-0.4, -0.2) is 17.6 Å². The van der Waals surface area contributed by atoms with E-state index in [1.807, 2.05) is 19.9 Å². The van der Waals surface area contributed by atoms with Crippen molar-refractivity contribution >= 4 is 16.9 Å². The number of benzene rings is 1. The van der Waals surface area contributed by atoms with Crippen LogP contribution in [0.25, 0.3) is 10.9 Å². The molecule has 6 heteroatoms. The predicted octanol–water partition coefficient (Wildman–Crippen LogP) is 6.12. The highest BCUT2D eigenvalue weighted by atomic mass is 19.4. The maximum absolute atomic E-state index is 13.0. The SMILES string of the molecule is CCOC(=O)C(CC)C1CCC(c2ccnc3cc(C(F)(F)F)ccc23)CC1. The Bertz CT molecular complexity index is 826. The molecule has 0 radical (unpaired) electrons. The van der Waals surface area contributed by atoms with Crippen molar-refractivity contribution in [2.24, 2.45) is 11.8 Å². The maximum Gasteiger partial charge on any atom is 0.416 e. The molecule has 0 N–H and O–H groups in total. The monoisotopic (exact) mass is 393 g/mol. The molecule has 1 unspecified atom stereocenters. The largest absolute Gasteiger partial charge is 0.466 e. The van der Waals surface area contributed by atoms with Crippen LogP contribution in [0.3, 0.4) is 0 Å². The molecule has 0 bridgehead atoms. The Morgan fingerprint density at radius 2 is 1.89 bits per heavy atom. The fourth-order valence-electron chi connectivity index (χ4n) is 4.48. The Balaban J connectivity index is 1.77. The van der Waals surface area contributed by atoms with Crippen molar-refractivity contribution in [1.82, 2.24) is 4.98 Å². The second kappa shape index (κ2) is 8.50. The molecule has 1 aromatic carbocycles. The molecule has 1 atom stereocenters. The zero-order valence-corrected chi connectivity index (χ0v) is 16.3. The van der Waals surface area contributed by atoms with Gasteiger partial charge in [0.05, 0.1) is 23.6 Å². The molecule has 3 nitrogen and oxygen atoms in total. The van der Waals surface area contributed by atoms with Gasteiger partial charge in [-0.3, -0.25) is 9.78 Å². The second-order valence-corrected chi connectivity index (χ2v) is 7.51. The molecule has 3 rings (SSSR count). The Kier molecular flexibility index (Phi) is 6.26. The normalized spacial score (nSPS) is 21.5. The van der Waals surface area contributed by atoms with Crippen LogP contribution in [0.2, 0.25) is 0 Å². The summed E-state index contributed by atoms with van der Waals surface area (Å²) in [5, 5.41) is 0.788. The first-order chi connectivity index (χ1) is 13.3. The Labute approximate surface area is 163 Å². The summed E-state index contributed by atoms with van der Waals surface area (Å²) in [6, 6.07) is 5.72. The lowest BCUT2D eigenvalue weighted by molar-refractivity contribution is -0.150. The Morgan fingerprint density at radius 3 is 2.50 bits per heavy atom. The van der Waals surface area contributed by atoms with Gasteiger partial charge >= 0.3 is 12.1 Å². The number of fused-ring (bicyclic) bond motifs is 1. The number of aromatic nitrogens is 1. The van der Waals surface area contributed by atoms with E-state index < -0.39 is 11.7 Å². The number of ether oxygens (including phenoxy) is 1. The lowest BCUT2D eigenvalue weighted by atomic mass is 9.72. The summed E-state index contributed by atoms with van der Waals surface area (Å²) in [7, 11) is 0. The summed E-state index contributed by atoms with van der Waals surface area (Å²) in [5.41, 5.74) is 0.766. The third-order valence-electron chi connectivity index (χ3n) is 5.91. The summed E-state index contributed by atoms with van der Waals surface area (Å²) in [4.78, 5) is 16.3. The minimum Gasteiger partial charge on any atom is -0.466 e. The number of pyridine rings is 1. The molecule has 1 aromatic heterocycles. The van der Waals surface area contributed by atoms with E-state index in [9.17, 15) is 18.0 Å². The smallest absolute Gasteiger partial charge is 0.416 e. The minimum atomic E-state index is -4.37. The van der Waals surface area contributed by atoms with Gasteiger partial charge in [0.2, 0.25) is 0 Å². The van der Waals surface area contributed by atoms with Crippen molar-refractivity contribution in [2.45, 2.75) is 58.0 Å². The Morgan fingerprint density at radius 1 is 1.18 bits per heavy atom. The number of alkyl halides is 3. The van der Waals surface area contributed by atoms with E-state index in [4.69, 9.17) is 4.74 Å². The van der Waals surface area contributed by atoms with E-state index in [0.29, 0.717) is 18.0 Å². The van der Waals surface area contributed by atoms with E-state index in [-0.39, 0.29) is 17.8 Å². The summed E-state index contributed by atoms with van der Waals surface area (Å²) in [5.74, 6) is 0.412. The molecule has 1 aliphatic carbocycles. The molecular formula is C22H26F3NO2. The quantitative estimate of drug-likeness (QED) is 0.575. The molecule has 1 heterocycles. The highest BCUT2D eigenvalue weighted by Crippen LogP contribution is 2.42. The van der Waals surface area contributed by atoms with Crippen molar-refractivity contribution < 1.29 is 22.7 Å². The first-order valence-corrected chi connectivity index (χ1v) is 9.97. The van der Waals surface area contributed by atoms with Crippen LogP contribution >= 0.6 is 0 Å². The van der Waals surface area contributed by atoms with Crippen molar-refractivity contribution in [3.05, 3.63) is 41.6 Å². The zero-order chi connectivity index (χ0) is 20.3. The van der Waals surface area contributed by atoms with Crippen LogP contribution in [0.4, 0.5) is 13.2 Å². The Hall–Kier alpha value is -2.11. The van der Waals surface area contributed by atoms with Crippen molar-refractivity contribution in [2.75, 3.05) is 6.61 Å². The van der Waals surface area contributed by atoms with Gasteiger partial charge in [-0.2, -0.15) is 13.2 Å². The number of rotatable bonds is 5. The van der Waals surface area contributed by atoms with E-state index in [2.05, 4.69) is 4.98 Å². The summed E-state index contributed by atoms with van der Waals surface area (Å²) >= 11 is 0. The van der Waals surface area contributed by atoms with Crippen LogP contribution < -0.4 is 0 Å². The summed E-state index contributed by atoms with van der Waals surface area (Å²) in [6.07, 6.45) is 1.68. The first kappa shape index (κ1) is 20.6. The predicted molar refractivity (Wildman–Crippen MR) is 102 cm³/mol. The van der Waals surface area contributed by atoms with Crippen LogP contribution in [0.15, 0.2) is 30.5 Å². The van der Waals surface area contributed by atoms with Crippen LogP contribution in [-0.2, 0) is 15.7 Å². The van der Waals surface area contributed by atoms with Gasteiger partial charge in [0.25, 0.3) is 0 Å². The molecule has 152 valence electrons. The van der Waals surface area contributed by atoms with E-state index in [1.54, 1.807) is 12.3 Å². The number of esters is 1. The van der Waals surface area contributed by atoms with Gasteiger partial charge in [0, 0.05) is 11.6 Å². The molecule has 2 aromatic rings. The topological polar surface area (TPSA) is 39.2 Å². The number of nitrogens with zero attached hydrogens (tertiary/aromatic N) is 1. The van der Waals surface area contributed by atoms with E-state index in [1.165, 1.54) is 0 Å². The molecule has 1 saturated carbocycles. The highest BCUT2D eigenvalue weighted by Gasteiger charge is 2.33. The van der Waals surface area contributed by atoms with Gasteiger partial charge in [0.15, 0.2) is 0 Å². The van der Waals surface area contributed by atoms with Gasteiger partial charge in [-0.15, -0.1) is 0 Å². The van der Waals surface area contributed by atoms with Gasteiger partial charge in [-0.25, -0.2) is 0 Å². The van der Waals surface area contributed by atoms with Gasteiger partial charge in [-0.1, -0.05) is 13.0 Å². The molecular weight excluding hydrogens is 367 g/mol. The van der Waals surface area contributed by atoms with E-state index in [0.717, 1.165) is 55.2 Å². The number of carbonyl (C=O) groups excluding carboxylic acids is 1. The van der Waals surface area contributed by atoms with Crippen LogP contribution in [0.1, 0.15) is 63.0 Å². The van der Waals surface area contributed by atoms with E-state index >= 15 is 0 Å². The lowest BCUT2D eigenvalue weighted by Gasteiger charge is -2.33. The fraction of sp³-hybridized carbons (Fsp3) is 0.545. The first-order valence-electron chi connectivity index (χ1n) is 9.97. The fourth-order valence-corrected chi connectivity index (χ4v) is 4.48. The third-order valence-corrected chi connectivity index (χ3v) is 5.91. The van der Waals surface area contributed by atoms with Crippen LogP contribution in [0.5, 0.6) is 0 Å². The molecule has 0 aliphatic heterocycles. The highest BCUT2D eigenvalue weighted by molar-refractivity contribution is 5.83. The van der Waals surface area contributed by atoms with Gasteiger partial charge in [0.1, 0.15) is 0 Å². The van der Waals surface area contributed by atoms with Gasteiger partial charge in [-0.05, 0) is 74.6 Å². The number of carbonyl (C=O) groups is 1. The molecule has 1 aliphatic rings. The zero-order valence-electron chi connectivity index (χ0n) is 16.3. The van der Waals surface area contributed by atoms with Crippen molar-refractivity contribution in [3.8, 4) is 0 Å². The molecule has 1 fully saturated rings. The standard InChI is InChI=1S/C22H26F3NO2/c1-3-17(21(27)28-4-2)14-5-7-15(8-6-14)18-11-12-26-20-13-16(22(23,24)25)9-10-19(18)20/h9-15,17H,3-8H2,1-2H3. The third kappa shape index (κ3) is 4.31. The summed E-state index contributed by atoms with van der Waals surface area (Å²) in [6.45, 7) is 4.23. The average Bonchev–Trinajstić information content (AvgIpc) is 2.68.